The summed E-state index contributed by atoms with van der Waals surface area (Å²) < 4.78 is 7.44. The smallest absolute Gasteiger partial charge is 0.225 e. The second-order valence-corrected chi connectivity index (χ2v) is 5.12. The second kappa shape index (κ2) is 7.48. The second-order valence-electron chi connectivity index (χ2n) is 4.18. The molecule has 0 saturated carbocycles. The molecule has 0 aliphatic rings. The van der Waals surface area contributed by atoms with Crippen molar-refractivity contribution in [1.82, 2.24) is 0 Å². The monoisotopic (exact) mass is 299 g/mol. The zero-order chi connectivity index (χ0) is 13.0. The lowest BCUT2D eigenvalue weighted by Gasteiger charge is -2.01. The van der Waals surface area contributed by atoms with Crippen molar-refractivity contribution in [3.63, 3.8) is 0 Å². The van der Waals surface area contributed by atoms with E-state index in [1.807, 2.05) is 12.1 Å². The summed E-state index contributed by atoms with van der Waals surface area (Å²) in [5, 5.41) is 8.99. The van der Waals surface area contributed by atoms with Crippen LogP contribution in [-0.4, -0.2) is 18.8 Å². The average Bonchev–Trinajstić information content (AvgIpc) is 2.72. The number of aromatic nitrogens is 1. The van der Waals surface area contributed by atoms with Gasteiger partial charge in [0.1, 0.15) is 5.75 Å². The number of hydrogen-bond donors (Lipinski definition) is 1. The van der Waals surface area contributed by atoms with Crippen molar-refractivity contribution in [3.05, 3.63) is 45.9 Å². The van der Waals surface area contributed by atoms with E-state index in [0.29, 0.717) is 0 Å². The summed E-state index contributed by atoms with van der Waals surface area (Å²) in [6.07, 6.45) is 0.738. The predicted molar refractivity (Wildman–Crippen MR) is 72.1 cm³/mol. The fourth-order valence-corrected chi connectivity index (χ4v) is 2.90. The van der Waals surface area contributed by atoms with Gasteiger partial charge in [-0.05, 0) is 12.1 Å². The number of thiazole rings is 1. The molecule has 0 unspecified atom stereocenters. The first-order valence-corrected chi connectivity index (χ1v) is 6.82. The van der Waals surface area contributed by atoms with E-state index in [1.54, 1.807) is 18.4 Å². The summed E-state index contributed by atoms with van der Waals surface area (Å²) in [4.78, 5) is 1.25. The lowest BCUT2D eigenvalue weighted by molar-refractivity contribution is -0.689. The molecule has 0 amide bonds. The van der Waals surface area contributed by atoms with Crippen LogP contribution in [0.1, 0.15) is 16.1 Å². The zero-order valence-electron chi connectivity index (χ0n) is 11.1. The van der Waals surface area contributed by atoms with Crippen molar-refractivity contribution in [3.8, 4) is 5.75 Å². The standard InChI is InChI=1S/C14H18NO2S.ClH/c1-11-14(6-7-16)18-10-15(11)9-12-4-3-5-13(8-12)17-2;/h3-5,8,10,16H,6-7,9H2,1-2H3;1H/q+1;/p-1. The fraction of sp³-hybridized carbons (Fsp3) is 0.357. The van der Waals surface area contributed by atoms with Gasteiger partial charge in [0.05, 0.1) is 12.0 Å². The van der Waals surface area contributed by atoms with Crippen LogP contribution < -0.4 is 21.7 Å². The molecular weight excluding hydrogens is 282 g/mol. The summed E-state index contributed by atoms with van der Waals surface area (Å²) in [7, 11) is 1.68. The van der Waals surface area contributed by atoms with Gasteiger partial charge in [-0.2, -0.15) is 4.57 Å². The van der Waals surface area contributed by atoms with Crippen LogP contribution in [0.15, 0.2) is 29.8 Å². The Balaban J connectivity index is 0.00000180. The minimum absolute atomic E-state index is 0. The van der Waals surface area contributed by atoms with Gasteiger partial charge in [0.2, 0.25) is 5.51 Å². The van der Waals surface area contributed by atoms with E-state index >= 15 is 0 Å². The summed E-state index contributed by atoms with van der Waals surface area (Å²) in [5.41, 5.74) is 4.56. The topological polar surface area (TPSA) is 33.3 Å². The number of benzene rings is 1. The van der Waals surface area contributed by atoms with Crippen LogP contribution >= 0.6 is 11.3 Å². The highest BCUT2D eigenvalue weighted by atomic mass is 35.5. The van der Waals surface area contributed by atoms with E-state index in [1.165, 1.54) is 16.1 Å². The molecule has 1 N–H and O–H groups in total. The summed E-state index contributed by atoms with van der Waals surface area (Å²) >= 11 is 1.70. The van der Waals surface area contributed by atoms with E-state index in [2.05, 4.69) is 29.1 Å². The molecule has 0 spiro atoms. The van der Waals surface area contributed by atoms with Crippen LogP contribution in [-0.2, 0) is 13.0 Å². The van der Waals surface area contributed by atoms with Crippen LogP contribution in [0, 0.1) is 6.92 Å². The zero-order valence-corrected chi connectivity index (χ0v) is 12.7. The minimum atomic E-state index is 0. The van der Waals surface area contributed by atoms with E-state index in [4.69, 9.17) is 9.84 Å². The van der Waals surface area contributed by atoms with Gasteiger partial charge in [0.15, 0.2) is 12.2 Å². The first-order valence-electron chi connectivity index (χ1n) is 5.94. The molecule has 1 heterocycles. The number of aliphatic hydroxyl groups excluding tert-OH is 1. The quantitative estimate of drug-likeness (QED) is 0.714. The highest BCUT2D eigenvalue weighted by molar-refractivity contribution is 7.09. The highest BCUT2D eigenvalue weighted by Gasteiger charge is 2.15. The number of ether oxygens (including phenoxy) is 1. The van der Waals surface area contributed by atoms with Gasteiger partial charge in [-0.25, -0.2) is 0 Å². The highest BCUT2D eigenvalue weighted by Crippen LogP contribution is 2.15. The van der Waals surface area contributed by atoms with E-state index in [-0.39, 0.29) is 19.0 Å². The maximum atomic E-state index is 8.99. The van der Waals surface area contributed by atoms with Crippen molar-refractivity contribution in [1.29, 1.82) is 0 Å². The lowest BCUT2D eigenvalue weighted by atomic mass is 10.2. The maximum Gasteiger partial charge on any atom is 0.225 e. The van der Waals surface area contributed by atoms with E-state index in [0.717, 1.165) is 18.7 Å². The van der Waals surface area contributed by atoms with Gasteiger partial charge in [-0.3, -0.25) is 0 Å². The summed E-state index contributed by atoms with van der Waals surface area (Å²) in [6.45, 7) is 3.15. The Morgan fingerprint density at radius 1 is 1.37 bits per heavy atom. The van der Waals surface area contributed by atoms with Gasteiger partial charge in [0.25, 0.3) is 0 Å². The molecule has 3 nitrogen and oxygen atoms in total. The average molecular weight is 300 g/mol. The number of methoxy groups -OCH3 is 1. The third-order valence-corrected chi connectivity index (χ3v) is 4.13. The van der Waals surface area contributed by atoms with Gasteiger partial charge in [0, 0.05) is 25.5 Å². The van der Waals surface area contributed by atoms with Gasteiger partial charge < -0.3 is 22.3 Å². The number of halogens is 1. The Morgan fingerprint density at radius 2 is 2.16 bits per heavy atom. The van der Waals surface area contributed by atoms with Crippen LogP contribution in [0.3, 0.4) is 0 Å². The number of rotatable bonds is 5. The Kier molecular flexibility index (Phi) is 6.28. The first kappa shape index (κ1) is 16.0. The molecule has 0 aliphatic carbocycles. The molecule has 2 rings (SSSR count). The molecule has 5 heteroatoms. The molecule has 0 bridgehead atoms. The van der Waals surface area contributed by atoms with Crippen molar-refractivity contribution in [2.24, 2.45) is 0 Å². The molecule has 1 aromatic heterocycles. The van der Waals surface area contributed by atoms with E-state index < -0.39 is 0 Å². The summed E-state index contributed by atoms with van der Waals surface area (Å²) in [6, 6.07) is 8.10. The molecule has 0 fully saturated rings. The Bertz CT molecular complexity index is 528. The predicted octanol–water partition coefficient (Wildman–Crippen LogP) is -1.06. The van der Waals surface area contributed by atoms with Crippen molar-refractivity contribution < 1.29 is 26.8 Å². The molecule has 104 valence electrons. The molecule has 0 saturated heterocycles. The van der Waals surface area contributed by atoms with Crippen LogP contribution in [0.2, 0.25) is 0 Å². The third-order valence-electron chi connectivity index (χ3n) is 2.98. The Labute approximate surface area is 123 Å². The Morgan fingerprint density at radius 3 is 2.84 bits per heavy atom. The molecule has 19 heavy (non-hydrogen) atoms. The molecular formula is C14H18ClNO2S. The maximum absolute atomic E-state index is 8.99. The normalized spacial score (nSPS) is 10.1. The van der Waals surface area contributed by atoms with Gasteiger partial charge >= 0.3 is 0 Å². The molecule has 2 aromatic rings. The minimum Gasteiger partial charge on any atom is -1.00 e. The fourth-order valence-electron chi connectivity index (χ4n) is 1.92. The van der Waals surface area contributed by atoms with Crippen LogP contribution in [0.4, 0.5) is 0 Å². The Hall–Kier alpha value is -1.10. The number of nitrogens with zero attached hydrogens (tertiary/aromatic N) is 1. The van der Waals surface area contributed by atoms with E-state index in [9.17, 15) is 0 Å². The third kappa shape index (κ3) is 3.93. The molecule has 0 radical (unpaired) electrons. The van der Waals surface area contributed by atoms with Gasteiger partial charge in [-0.1, -0.05) is 23.5 Å². The number of hydrogen-bond acceptors (Lipinski definition) is 3. The van der Waals surface area contributed by atoms with Crippen molar-refractivity contribution in [2.45, 2.75) is 19.9 Å². The van der Waals surface area contributed by atoms with Crippen LogP contribution in [0.25, 0.3) is 0 Å². The summed E-state index contributed by atoms with van der Waals surface area (Å²) in [5.74, 6) is 0.886. The van der Waals surface area contributed by atoms with Crippen molar-refractivity contribution >= 4 is 11.3 Å². The van der Waals surface area contributed by atoms with Crippen LogP contribution in [0.5, 0.6) is 5.75 Å². The first-order chi connectivity index (χ1) is 8.74. The molecule has 1 aromatic carbocycles. The lowest BCUT2D eigenvalue weighted by Crippen LogP contribution is -3.00. The SMILES string of the molecule is COc1cccc(C[n+]2csc(CCO)c2C)c1.[Cl-]. The molecule has 0 aliphatic heterocycles. The molecule has 0 atom stereocenters. The number of aliphatic hydroxyl groups is 1. The largest absolute Gasteiger partial charge is 1.00 e. The van der Waals surface area contributed by atoms with Gasteiger partial charge in [-0.15, -0.1) is 0 Å². The van der Waals surface area contributed by atoms with Crippen molar-refractivity contribution in [2.75, 3.05) is 13.7 Å².